The first-order valence-electron chi connectivity index (χ1n) is 9.14. The summed E-state index contributed by atoms with van der Waals surface area (Å²) in [6, 6.07) is 18.6. The van der Waals surface area contributed by atoms with Gasteiger partial charge in [0.1, 0.15) is 0 Å². The molecule has 0 radical (unpaired) electrons. The molecule has 0 saturated carbocycles. The van der Waals surface area contributed by atoms with Crippen molar-refractivity contribution >= 4 is 18.4 Å². The standard InChI is InChI=1S/C21H24N2O3.ClH/c24-21(25)18-8-6-16(7-9-18)12-22-10-11-23-19(13-22)14-26-15-20(23)17-4-2-1-3-5-17;/h1-9,19-20H,10-15H2,(H,24,25);1H/t19-,20-;/m1./s1. The molecule has 2 aliphatic rings. The van der Waals surface area contributed by atoms with E-state index < -0.39 is 5.97 Å². The van der Waals surface area contributed by atoms with E-state index in [-0.39, 0.29) is 12.4 Å². The Morgan fingerprint density at radius 1 is 1.04 bits per heavy atom. The molecular formula is C21H25ClN2O3. The van der Waals surface area contributed by atoms with E-state index in [4.69, 9.17) is 9.84 Å². The minimum absolute atomic E-state index is 0. The van der Waals surface area contributed by atoms with Gasteiger partial charge in [-0.05, 0) is 23.3 Å². The van der Waals surface area contributed by atoms with Crippen molar-refractivity contribution in [1.29, 1.82) is 0 Å². The second kappa shape index (κ2) is 8.85. The Hall–Kier alpha value is -1.92. The number of benzene rings is 2. The Morgan fingerprint density at radius 2 is 1.78 bits per heavy atom. The number of carboxylic acids is 1. The topological polar surface area (TPSA) is 53.0 Å². The zero-order valence-corrected chi connectivity index (χ0v) is 16.0. The Balaban J connectivity index is 0.00000210. The fraction of sp³-hybridized carbons (Fsp3) is 0.381. The third-order valence-corrected chi connectivity index (χ3v) is 5.39. The molecule has 0 aromatic heterocycles. The molecule has 2 heterocycles. The van der Waals surface area contributed by atoms with Crippen molar-refractivity contribution in [3.8, 4) is 0 Å². The number of halogens is 1. The molecule has 27 heavy (non-hydrogen) atoms. The van der Waals surface area contributed by atoms with Crippen LogP contribution in [0.25, 0.3) is 0 Å². The molecule has 0 unspecified atom stereocenters. The number of morpholine rings is 1. The maximum atomic E-state index is 11.0. The molecule has 2 saturated heterocycles. The summed E-state index contributed by atoms with van der Waals surface area (Å²) < 4.78 is 5.91. The Kier molecular flexibility index (Phi) is 6.50. The quantitative estimate of drug-likeness (QED) is 0.872. The highest BCUT2D eigenvalue weighted by atomic mass is 35.5. The predicted molar refractivity (Wildman–Crippen MR) is 106 cm³/mol. The van der Waals surface area contributed by atoms with Crippen molar-refractivity contribution in [3.63, 3.8) is 0 Å². The molecule has 2 fully saturated rings. The average molecular weight is 389 g/mol. The van der Waals surface area contributed by atoms with E-state index in [9.17, 15) is 4.79 Å². The number of ether oxygens (including phenoxy) is 1. The van der Waals surface area contributed by atoms with Gasteiger partial charge in [-0.3, -0.25) is 9.80 Å². The maximum Gasteiger partial charge on any atom is 0.335 e. The highest BCUT2D eigenvalue weighted by molar-refractivity contribution is 5.87. The summed E-state index contributed by atoms with van der Waals surface area (Å²) in [7, 11) is 0. The number of carbonyl (C=O) groups is 1. The van der Waals surface area contributed by atoms with Crippen LogP contribution in [0.15, 0.2) is 54.6 Å². The number of hydrogen-bond donors (Lipinski definition) is 1. The number of nitrogens with zero attached hydrogens (tertiary/aromatic N) is 2. The first-order valence-corrected chi connectivity index (χ1v) is 9.14. The molecule has 0 bridgehead atoms. The van der Waals surface area contributed by atoms with Gasteiger partial charge < -0.3 is 9.84 Å². The van der Waals surface area contributed by atoms with Crippen LogP contribution < -0.4 is 0 Å². The van der Waals surface area contributed by atoms with Gasteiger partial charge in [-0.15, -0.1) is 12.4 Å². The van der Waals surface area contributed by atoms with Gasteiger partial charge in [0.15, 0.2) is 0 Å². The van der Waals surface area contributed by atoms with Gasteiger partial charge in [0.2, 0.25) is 0 Å². The van der Waals surface area contributed by atoms with E-state index in [1.807, 2.05) is 12.1 Å². The second-order valence-electron chi connectivity index (χ2n) is 7.09. The highest BCUT2D eigenvalue weighted by Crippen LogP contribution is 2.29. The van der Waals surface area contributed by atoms with Gasteiger partial charge >= 0.3 is 5.97 Å². The lowest BCUT2D eigenvalue weighted by atomic mass is 10.00. The summed E-state index contributed by atoms with van der Waals surface area (Å²) in [5.74, 6) is -0.878. The molecule has 2 aliphatic heterocycles. The maximum absolute atomic E-state index is 11.0. The van der Waals surface area contributed by atoms with E-state index in [2.05, 4.69) is 40.1 Å². The SMILES string of the molecule is Cl.O=C(O)c1ccc(CN2CCN3[C@@H](COC[C@@H]3c3ccccc3)C2)cc1. The normalized spacial score (nSPS) is 23.3. The number of fused-ring (bicyclic) bond motifs is 1. The number of carboxylic acid groups (broad SMARTS) is 1. The molecule has 6 heteroatoms. The Morgan fingerprint density at radius 3 is 2.48 bits per heavy atom. The molecule has 144 valence electrons. The van der Waals surface area contributed by atoms with Crippen LogP contribution >= 0.6 is 12.4 Å². The molecule has 5 nitrogen and oxygen atoms in total. The number of rotatable bonds is 4. The van der Waals surface area contributed by atoms with E-state index in [1.54, 1.807) is 12.1 Å². The minimum Gasteiger partial charge on any atom is -0.478 e. The van der Waals surface area contributed by atoms with E-state index in [0.29, 0.717) is 17.6 Å². The lowest BCUT2D eigenvalue weighted by Crippen LogP contribution is -2.58. The van der Waals surface area contributed by atoms with Crippen molar-refractivity contribution in [2.24, 2.45) is 0 Å². The molecule has 2 aromatic carbocycles. The van der Waals surface area contributed by atoms with Crippen LogP contribution in [0, 0.1) is 0 Å². The third-order valence-electron chi connectivity index (χ3n) is 5.39. The first kappa shape index (κ1) is 19.8. The summed E-state index contributed by atoms with van der Waals surface area (Å²) >= 11 is 0. The van der Waals surface area contributed by atoms with Gasteiger partial charge in [-0.2, -0.15) is 0 Å². The van der Waals surface area contributed by atoms with E-state index in [1.165, 1.54) is 5.56 Å². The molecular weight excluding hydrogens is 364 g/mol. The van der Waals surface area contributed by atoms with Gasteiger partial charge in [0.05, 0.1) is 24.8 Å². The van der Waals surface area contributed by atoms with Crippen molar-refractivity contribution in [1.82, 2.24) is 9.80 Å². The average Bonchev–Trinajstić information content (AvgIpc) is 2.68. The van der Waals surface area contributed by atoms with Crippen molar-refractivity contribution in [3.05, 3.63) is 71.3 Å². The second-order valence-corrected chi connectivity index (χ2v) is 7.09. The zero-order valence-electron chi connectivity index (χ0n) is 15.2. The summed E-state index contributed by atoms with van der Waals surface area (Å²) in [5.41, 5.74) is 2.82. The van der Waals surface area contributed by atoms with Crippen LogP contribution in [-0.4, -0.2) is 59.8 Å². The molecule has 1 N–H and O–H groups in total. The fourth-order valence-electron chi connectivity index (χ4n) is 4.02. The molecule has 0 spiro atoms. The Labute approximate surface area is 166 Å². The largest absolute Gasteiger partial charge is 0.478 e. The van der Waals surface area contributed by atoms with Crippen molar-refractivity contribution in [2.45, 2.75) is 18.6 Å². The predicted octanol–water partition coefficient (Wildman–Crippen LogP) is 3.06. The van der Waals surface area contributed by atoms with E-state index in [0.717, 1.165) is 45.0 Å². The van der Waals surface area contributed by atoms with Gasteiger partial charge in [0.25, 0.3) is 0 Å². The fourth-order valence-corrected chi connectivity index (χ4v) is 4.02. The van der Waals surface area contributed by atoms with Gasteiger partial charge in [-0.1, -0.05) is 42.5 Å². The lowest BCUT2D eigenvalue weighted by Gasteiger charge is -2.48. The monoisotopic (exact) mass is 388 g/mol. The summed E-state index contributed by atoms with van der Waals surface area (Å²) in [6.07, 6.45) is 0. The van der Waals surface area contributed by atoms with E-state index >= 15 is 0 Å². The number of hydrogen-bond acceptors (Lipinski definition) is 4. The summed E-state index contributed by atoms with van der Waals surface area (Å²) in [6.45, 7) is 5.40. The molecule has 2 atom stereocenters. The molecule has 4 rings (SSSR count). The zero-order chi connectivity index (χ0) is 17.9. The number of aromatic carboxylic acids is 1. The molecule has 0 aliphatic carbocycles. The van der Waals surface area contributed by atoms with Crippen LogP contribution in [0.3, 0.4) is 0 Å². The van der Waals surface area contributed by atoms with Crippen molar-refractivity contribution in [2.75, 3.05) is 32.8 Å². The van der Waals surface area contributed by atoms with Crippen LogP contribution in [0.4, 0.5) is 0 Å². The number of piperazine rings is 1. The Bertz CT molecular complexity index is 754. The van der Waals surface area contributed by atoms with Crippen LogP contribution in [-0.2, 0) is 11.3 Å². The summed E-state index contributed by atoms with van der Waals surface area (Å²) in [5, 5.41) is 9.02. The van der Waals surface area contributed by atoms with Crippen molar-refractivity contribution < 1.29 is 14.6 Å². The highest BCUT2D eigenvalue weighted by Gasteiger charge is 2.36. The van der Waals surface area contributed by atoms with Crippen LogP contribution in [0.2, 0.25) is 0 Å². The molecule has 2 aromatic rings. The smallest absolute Gasteiger partial charge is 0.335 e. The van der Waals surface area contributed by atoms with Gasteiger partial charge in [-0.25, -0.2) is 4.79 Å². The van der Waals surface area contributed by atoms with Crippen LogP contribution in [0.1, 0.15) is 27.5 Å². The van der Waals surface area contributed by atoms with Crippen LogP contribution in [0.5, 0.6) is 0 Å². The van der Waals surface area contributed by atoms with Gasteiger partial charge in [0, 0.05) is 32.2 Å². The minimum atomic E-state index is -0.878. The molecule has 0 amide bonds. The lowest BCUT2D eigenvalue weighted by molar-refractivity contribution is -0.0835. The first-order chi connectivity index (χ1) is 12.7. The third kappa shape index (κ3) is 4.50. The summed E-state index contributed by atoms with van der Waals surface area (Å²) in [4.78, 5) is 16.0.